The standard InChI is InChI=1S/C2BrFO/c3-2(4)1-5. The molecule has 0 heterocycles. The average molecular weight is 139 g/mol. The van der Waals surface area contributed by atoms with Crippen LogP contribution in [0, 0.1) is 0 Å². The predicted octanol–water partition coefficient (Wildman–Crippen LogP) is 1.02. The van der Waals surface area contributed by atoms with Crippen LogP contribution in [0.5, 0.6) is 0 Å². The van der Waals surface area contributed by atoms with Crippen molar-refractivity contribution in [2.45, 2.75) is 0 Å². The van der Waals surface area contributed by atoms with Crippen LogP contribution >= 0.6 is 15.9 Å². The van der Waals surface area contributed by atoms with E-state index in [0.29, 0.717) is 0 Å². The molecule has 0 aromatic carbocycles. The van der Waals surface area contributed by atoms with Crippen LogP contribution in [0.3, 0.4) is 0 Å². The molecule has 0 rings (SSSR count). The van der Waals surface area contributed by atoms with Crippen molar-refractivity contribution in [1.29, 1.82) is 0 Å². The van der Waals surface area contributed by atoms with E-state index in [-0.39, 0.29) is 0 Å². The van der Waals surface area contributed by atoms with E-state index in [1.807, 2.05) is 0 Å². The molecule has 0 amide bonds. The summed E-state index contributed by atoms with van der Waals surface area (Å²) in [4.78, 5) is 8.92. The predicted molar refractivity (Wildman–Crippen MR) is 19.2 cm³/mol. The lowest BCUT2D eigenvalue weighted by Gasteiger charge is -1.53. The Kier molecular flexibility index (Phi) is 2.06. The minimum absolute atomic E-state index is 0.944. The van der Waals surface area contributed by atoms with Gasteiger partial charge < -0.3 is 0 Å². The highest BCUT2D eigenvalue weighted by Crippen LogP contribution is 1.96. The first kappa shape index (κ1) is 4.86. The van der Waals surface area contributed by atoms with Crippen molar-refractivity contribution < 1.29 is 9.18 Å². The molecule has 3 heteroatoms. The summed E-state index contributed by atoms with van der Waals surface area (Å²) in [5.41, 5.74) is 0. The minimum Gasteiger partial charge on any atom is -0.230 e. The van der Waals surface area contributed by atoms with Gasteiger partial charge in [0.05, 0.1) is 0 Å². The molecular formula is C2BrFO. The summed E-state index contributed by atoms with van der Waals surface area (Å²) in [6.07, 6.45) is 0. The van der Waals surface area contributed by atoms with Crippen molar-refractivity contribution >= 4 is 21.9 Å². The SMILES string of the molecule is O=C=C(F)Br. The van der Waals surface area contributed by atoms with Crippen molar-refractivity contribution in [2.24, 2.45) is 0 Å². The van der Waals surface area contributed by atoms with Gasteiger partial charge in [-0.2, -0.15) is 4.39 Å². The van der Waals surface area contributed by atoms with Gasteiger partial charge in [-0.25, -0.2) is 4.79 Å². The highest BCUT2D eigenvalue weighted by molar-refractivity contribution is 9.11. The van der Waals surface area contributed by atoms with E-state index >= 15 is 0 Å². The van der Waals surface area contributed by atoms with Gasteiger partial charge in [0.15, 0.2) is 5.94 Å². The average Bonchev–Trinajstić information content (AvgIpc) is 1.38. The van der Waals surface area contributed by atoms with Gasteiger partial charge in [0, 0.05) is 0 Å². The van der Waals surface area contributed by atoms with E-state index in [4.69, 9.17) is 4.79 Å². The van der Waals surface area contributed by atoms with Crippen LogP contribution in [-0.2, 0) is 4.79 Å². The highest BCUT2D eigenvalue weighted by atomic mass is 79.9. The van der Waals surface area contributed by atoms with Gasteiger partial charge >= 0.3 is 0 Å². The summed E-state index contributed by atoms with van der Waals surface area (Å²) in [5.74, 6) is 0.944. The summed E-state index contributed by atoms with van der Waals surface area (Å²) in [5, 5.41) is 0. The first-order valence-corrected chi connectivity index (χ1v) is 1.63. The molecule has 0 radical (unpaired) electrons. The Morgan fingerprint density at radius 2 is 2.20 bits per heavy atom. The summed E-state index contributed by atoms with van der Waals surface area (Å²) >= 11 is 2.20. The van der Waals surface area contributed by atoms with E-state index in [2.05, 4.69) is 15.9 Å². The zero-order valence-electron chi connectivity index (χ0n) is 2.16. The maximum atomic E-state index is 10.8. The lowest BCUT2D eigenvalue weighted by molar-refractivity contribution is 0.560. The molecule has 0 aliphatic heterocycles. The van der Waals surface area contributed by atoms with Crippen molar-refractivity contribution in [1.82, 2.24) is 0 Å². The molecule has 0 atom stereocenters. The topological polar surface area (TPSA) is 17.1 Å². The summed E-state index contributed by atoms with van der Waals surface area (Å²) in [6.45, 7) is 0. The molecule has 0 unspecified atom stereocenters. The number of carbonyl (C=O) groups excluding carboxylic acids is 1. The molecule has 28 valence electrons. The van der Waals surface area contributed by atoms with Gasteiger partial charge in [0.2, 0.25) is 4.74 Å². The first-order valence-electron chi connectivity index (χ1n) is 0.832. The fourth-order valence-corrected chi connectivity index (χ4v) is 0. The third kappa shape index (κ3) is 3.86. The monoisotopic (exact) mass is 138 g/mol. The Labute approximate surface area is 36.6 Å². The van der Waals surface area contributed by atoms with Crippen molar-refractivity contribution in [2.75, 3.05) is 0 Å². The van der Waals surface area contributed by atoms with E-state index in [9.17, 15) is 4.39 Å². The quantitative estimate of drug-likeness (QED) is 0.458. The van der Waals surface area contributed by atoms with E-state index in [0.717, 1.165) is 5.94 Å². The van der Waals surface area contributed by atoms with Crippen LogP contribution in [-0.4, -0.2) is 5.94 Å². The van der Waals surface area contributed by atoms with Crippen molar-refractivity contribution in [3.8, 4) is 0 Å². The van der Waals surface area contributed by atoms with Gasteiger partial charge in [0.25, 0.3) is 0 Å². The number of hydrogen-bond donors (Lipinski definition) is 0. The van der Waals surface area contributed by atoms with Crippen molar-refractivity contribution in [3.63, 3.8) is 0 Å². The van der Waals surface area contributed by atoms with E-state index < -0.39 is 4.74 Å². The molecule has 1 nitrogen and oxygen atoms in total. The Balaban J connectivity index is 3.60. The van der Waals surface area contributed by atoms with Gasteiger partial charge in [-0.3, -0.25) is 0 Å². The molecule has 0 aliphatic rings. The third-order valence-electron chi connectivity index (χ3n) is 0.0772. The molecule has 0 saturated carbocycles. The lowest BCUT2D eigenvalue weighted by atomic mass is 11.2. The van der Waals surface area contributed by atoms with Gasteiger partial charge in [-0.15, -0.1) is 0 Å². The van der Waals surface area contributed by atoms with Crippen LogP contribution in [0.25, 0.3) is 0 Å². The molecule has 5 heavy (non-hydrogen) atoms. The summed E-state index contributed by atoms with van der Waals surface area (Å²) in [7, 11) is 0. The molecule has 0 N–H and O–H groups in total. The van der Waals surface area contributed by atoms with E-state index in [1.54, 1.807) is 0 Å². The summed E-state index contributed by atoms with van der Waals surface area (Å²) in [6, 6.07) is 0. The Morgan fingerprint density at radius 3 is 2.20 bits per heavy atom. The Bertz CT molecular complexity index is 69.7. The molecule has 0 aliphatic carbocycles. The summed E-state index contributed by atoms with van der Waals surface area (Å²) < 4.78 is 9.85. The fraction of sp³-hybridized carbons (Fsp3) is 0. The normalized spacial score (nSPS) is 6.00. The zero-order chi connectivity index (χ0) is 4.28. The lowest BCUT2D eigenvalue weighted by Crippen LogP contribution is -1.45. The molecule has 0 saturated heterocycles. The maximum Gasteiger partial charge on any atom is 0.248 e. The molecule has 0 spiro atoms. The minimum atomic E-state index is -0.988. The zero-order valence-corrected chi connectivity index (χ0v) is 3.75. The second kappa shape index (κ2) is 2.12. The second-order valence-electron chi connectivity index (χ2n) is 0.362. The third-order valence-corrected chi connectivity index (χ3v) is 0.239. The number of halogens is 2. The molecule has 0 aromatic heterocycles. The maximum absolute atomic E-state index is 10.8. The number of rotatable bonds is 0. The van der Waals surface area contributed by atoms with Gasteiger partial charge in [0.1, 0.15) is 0 Å². The second-order valence-corrected chi connectivity index (χ2v) is 1.06. The Morgan fingerprint density at radius 1 is 2.00 bits per heavy atom. The largest absolute Gasteiger partial charge is 0.248 e. The first-order chi connectivity index (χ1) is 2.27. The van der Waals surface area contributed by atoms with Crippen LogP contribution in [0.4, 0.5) is 4.39 Å². The number of hydrogen-bond acceptors (Lipinski definition) is 1. The van der Waals surface area contributed by atoms with Crippen LogP contribution in [0.1, 0.15) is 0 Å². The van der Waals surface area contributed by atoms with Crippen LogP contribution in [0.2, 0.25) is 0 Å². The van der Waals surface area contributed by atoms with Crippen molar-refractivity contribution in [3.05, 3.63) is 4.74 Å². The van der Waals surface area contributed by atoms with Gasteiger partial charge in [-0.1, -0.05) is 0 Å². The highest BCUT2D eigenvalue weighted by Gasteiger charge is 1.73. The molecule has 0 aromatic rings. The fourth-order valence-electron chi connectivity index (χ4n) is 0. The Hall–Kier alpha value is -0.140. The molecular weight excluding hydrogens is 139 g/mol. The van der Waals surface area contributed by atoms with E-state index in [1.165, 1.54) is 0 Å². The smallest absolute Gasteiger partial charge is 0.230 e. The van der Waals surface area contributed by atoms with Gasteiger partial charge in [-0.05, 0) is 15.9 Å². The molecule has 0 fully saturated rings. The van der Waals surface area contributed by atoms with Crippen LogP contribution < -0.4 is 0 Å². The van der Waals surface area contributed by atoms with Crippen LogP contribution in [0.15, 0.2) is 4.74 Å². The molecule has 0 bridgehead atoms.